The fourth-order valence-corrected chi connectivity index (χ4v) is 2.12. The van der Waals surface area contributed by atoms with Crippen LogP contribution in [0.3, 0.4) is 0 Å². The average Bonchev–Trinajstić information content (AvgIpc) is 2.92. The zero-order valence-corrected chi connectivity index (χ0v) is 12.7. The number of carbonyl (C=O) groups excluding carboxylic acids is 1. The van der Waals surface area contributed by atoms with E-state index in [-0.39, 0.29) is 17.4 Å². The van der Waals surface area contributed by atoms with Crippen LogP contribution in [0.2, 0.25) is 0 Å². The number of carbonyl (C=O) groups is 1. The SMILES string of the molecule is CCCc1nc(C)c(C(=O)NC(C)c2nn(C)cc2O)o1. The van der Waals surface area contributed by atoms with Crippen molar-refractivity contribution in [3.63, 3.8) is 0 Å². The Morgan fingerprint density at radius 3 is 2.86 bits per heavy atom. The number of oxazole rings is 1. The van der Waals surface area contributed by atoms with E-state index >= 15 is 0 Å². The van der Waals surface area contributed by atoms with Gasteiger partial charge in [0.2, 0.25) is 5.76 Å². The molecular formula is C14H20N4O3. The van der Waals surface area contributed by atoms with Crippen LogP contribution in [0.25, 0.3) is 0 Å². The number of hydrogen-bond donors (Lipinski definition) is 2. The second kappa shape index (κ2) is 5.99. The van der Waals surface area contributed by atoms with Gasteiger partial charge in [0.25, 0.3) is 5.91 Å². The van der Waals surface area contributed by atoms with E-state index in [1.54, 1.807) is 20.9 Å². The van der Waals surface area contributed by atoms with E-state index in [2.05, 4.69) is 15.4 Å². The Morgan fingerprint density at radius 2 is 2.29 bits per heavy atom. The molecule has 114 valence electrons. The molecule has 2 N–H and O–H groups in total. The van der Waals surface area contributed by atoms with Gasteiger partial charge in [0.05, 0.1) is 17.9 Å². The monoisotopic (exact) mass is 292 g/mol. The maximum Gasteiger partial charge on any atom is 0.289 e. The highest BCUT2D eigenvalue weighted by Gasteiger charge is 2.22. The molecule has 2 rings (SSSR count). The molecule has 7 nitrogen and oxygen atoms in total. The van der Waals surface area contributed by atoms with Crippen molar-refractivity contribution >= 4 is 5.91 Å². The molecule has 0 fully saturated rings. The first kappa shape index (κ1) is 15.1. The molecule has 0 saturated carbocycles. The number of aromatic nitrogens is 3. The third-order valence-corrected chi connectivity index (χ3v) is 3.11. The van der Waals surface area contributed by atoms with Crippen LogP contribution in [0.5, 0.6) is 5.75 Å². The number of aromatic hydroxyl groups is 1. The summed E-state index contributed by atoms with van der Waals surface area (Å²) in [7, 11) is 1.70. The number of nitrogens with zero attached hydrogens (tertiary/aromatic N) is 3. The Kier molecular flexibility index (Phi) is 4.30. The lowest BCUT2D eigenvalue weighted by molar-refractivity contribution is 0.0908. The topological polar surface area (TPSA) is 93.2 Å². The van der Waals surface area contributed by atoms with Crippen LogP contribution in [-0.4, -0.2) is 25.8 Å². The first-order chi connectivity index (χ1) is 9.92. The summed E-state index contributed by atoms with van der Waals surface area (Å²) in [6.45, 7) is 5.50. The molecular weight excluding hydrogens is 272 g/mol. The number of nitrogens with one attached hydrogen (secondary N) is 1. The van der Waals surface area contributed by atoms with Crippen molar-refractivity contribution in [3.05, 3.63) is 29.2 Å². The van der Waals surface area contributed by atoms with E-state index < -0.39 is 6.04 Å². The molecule has 2 aromatic rings. The fourth-order valence-electron chi connectivity index (χ4n) is 2.12. The lowest BCUT2D eigenvalue weighted by Gasteiger charge is -2.10. The van der Waals surface area contributed by atoms with Crippen LogP contribution in [0, 0.1) is 6.92 Å². The summed E-state index contributed by atoms with van der Waals surface area (Å²) < 4.78 is 6.97. The maximum absolute atomic E-state index is 12.2. The highest BCUT2D eigenvalue weighted by molar-refractivity contribution is 5.92. The molecule has 0 bridgehead atoms. The molecule has 2 heterocycles. The summed E-state index contributed by atoms with van der Waals surface area (Å²) >= 11 is 0. The molecule has 2 aromatic heterocycles. The molecule has 0 radical (unpaired) electrons. The van der Waals surface area contributed by atoms with Crippen molar-refractivity contribution in [3.8, 4) is 5.75 Å². The average molecular weight is 292 g/mol. The minimum absolute atomic E-state index is 0.0475. The minimum Gasteiger partial charge on any atom is -0.504 e. The Balaban J connectivity index is 2.12. The van der Waals surface area contributed by atoms with Gasteiger partial charge in [-0.05, 0) is 20.3 Å². The summed E-state index contributed by atoms with van der Waals surface area (Å²) in [5, 5.41) is 16.6. The third-order valence-electron chi connectivity index (χ3n) is 3.11. The first-order valence-corrected chi connectivity index (χ1v) is 6.92. The molecule has 0 aromatic carbocycles. The van der Waals surface area contributed by atoms with Crippen LogP contribution >= 0.6 is 0 Å². The van der Waals surface area contributed by atoms with Crippen LogP contribution in [0.4, 0.5) is 0 Å². The van der Waals surface area contributed by atoms with E-state index in [0.717, 1.165) is 6.42 Å². The second-order valence-electron chi connectivity index (χ2n) is 5.04. The first-order valence-electron chi connectivity index (χ1n) is 6.92. The number of hydrogen-bond acceptors (Lipinski definition) is 5. The summed E-state index contributed by atoms with van der Waals surface area (Å²) in [4.78, 5) is 16.5. The lowest BCUT2D eigenvalue weighted by Crippen LogP contribution is -2.27. The summed E-state index contributed by atoms with van der Waals surface area (Å²) in [5.74, 6) is 0.459. The quantitative estimate of drug-likeness (QED) is 0.877. The molecule has 0 spiro atoms. The second-order valence-corrected chi connectivity index (χ2v) is 5.04. The van der Waals surface area contributed by atoms with Crippen molar-refractivity contribution in [2.75, 3.05) is 0 Å². The van der Waals surface area contributed by atoms with Crippen molar-refractivity contribution in [2.24, 2.45) is 7.05 Å². The van der Waals surface area contributed by atoms with Gasteiger partial charge in [-0.3, -0.25) is 9.48 Å². The molecule has 7 heteroatoms. The van der Waals surface area contributed by atoms with Gasteiger partial charge in [-0.1, -0.05) is 6.92 Å². The van der Waals surface area contributed by atoms with Crippen LogP contribution < -0.4 is 5.32 Å². The van der Waals surface area contributed by atoms with Gasteiger partial charge in [0, 0.05) is 13.5 Å². The van der Waals surface area contributed by atoms with Gasteiger partial charge >= 0.3 is 0 Å². The standard InChI is InChI=1S/C14H20N4O3/c1-5-6-11-15-9(3)13(21-11)14(20)16-8(2)12-10(19)7-18(4)17-12/h7-8,19H,5-6H2,1-4H3,(H,16,20). The van der Waals surface area contributed by atoms with E-state index in [4.69, 9.17) is 4.42 Å². The molecule has 1 atom stereocenters. The van der Waals surface area contributed by atoms with E-state index in [1.165, 1.54) is 10.9 Å². The summed E-state index contributed by atoms with van der Waals surface area (Å²) in [5.41, 5.74) is 0.977. The molecule has 1 amide bonds. The lowest BCUT2D eigenvalue weighted by atomic mass is 10.2. The molecule has 1 unspecified atom stereocenters. The maximum atomic E-state index is 12.2. The van der Waals surface area contributed by atoms with Crippen molar-refractivity contribution in [1.82, 2.24) is 20.1 Å². The molecule has 0 aliphatic heterocycles. The van der Waals surface area contributed by atoms with Crippen LogP contribution in [0.15, 0.2) is 10.6 Å². The third kappa shape index (κ3) is 3.24. The number of rotatable bonds is 5. The van der Waals surface area contributed by atoms with Crippen molar-refractivity contribution < 1.29 is 14.3 Å². The smallest absolute Gasteiger partial charge is 0.289 e. The van der Waals surface area contributed by atoms with Gasteiger partial charge in [0.1, 0.15) is 5.69 Å². The summed E-state index contributed by atoms with van der Waals surface area (Å²) in [6.07, 6.45) is 3.08. The van der Waals surface area contributed by atoms with Crippen molar-refractivity contribution in [2.45, 2.75) is 39.7 Å². The Bertz CT molecular complexity index is 645. The highest BCUT2D eigenvalue weighted by Crippen LogP contribution is 2.22. The molecule has 21 heavy (non-hydrogen) atoms. The van der Waals surface area contributed by atoms with Gasteiger partial charge in [-0.25, -0.2) is 4.98 Å². The van der Waals surface area contributed by atoms with Gasteiger partial charge in [-0.15, -0.1) is 0 Å². The fraction of sp³-hybridized carbons (Fsp3) is 0.500. The molecule has 0 aliphatic carbocycles. The Morgan fingerprint density at radius 1 is 1.57 bits per heavy atom. The molecule has 0 saturated heterocycles. The normalized spacial score (nSPS) is 12.4. The minimum atomic E-state index is -0.433. The Hall–Kier alpha value is -2.31. The number of amides is 1. The van der Waals surface area contributed by atoms with Gasteiger partial charge < -0.3 is 14.8 Å². The predicted octanol–water partition coefficient (Wildman–Crippen LogP) is 1.87. The van der Waals surface area contributed by atoms with Gasteiger partial charge in [-0.2, -0.15) is 5.10 Å². The Labute approximate surface area is 123 Å². The van der Waals surface area contributed by atoms with Gasteiger partial charge in [0.15, 0.2) is 11.6 Å². The summed E-state index contributed by atoms with van der Waals surface area (Å²) in [6, 6.07) is -0.433. The zero-order chi connectivity index (χ0) is 15.6. The highest BCUT2D eigenvalue weighted by atomic mass is 16.4. The zero-order valence-electron chi connectivity index (χ0n) is 12.7. The number of aryl methyl sites for hydroxylation is 3. The van der Waals surface area contributed by atoms with E-state index in [9.17, 15) is 9.90 Å². The van der Waals surface area contributed by atoms with E-state index in [1.807, 2.05) is 6.92 Å². The van der Waals surface area contributed by atoms with Crippen molar-refractivity contribution in [1.29, 1.82) is 0 Å². The van der Waals surface area contributed by atoms with Crippen LogP contribution in [-0.2, 0) is 13.5 Å². The van der Waals surface area contributed by atoms with E-state index in [0.29, 0.717) is 23.7 Å². The molecule has 0 aliphatic rings. The largest absolute Gasteiger partial charge is 0.504 e. The van der Waals surface area contributed by atoms with Crippen LogP contribution in [0.1, 0.15) is 54.1 Å². The predicted molar refractivity (Wildman–Crippen MR) is 76.0 cm³/mol.